The van der Waals surface area contributed by atoms with E-state index in [0.29, 0.717) is 0 Å². The van der Waals surface area contributed by atoms with Crippen LogP contribution in [-0.2, 0) is 11.2 Å². The van der Waals surface area contributed by atoms with Crippen LogP contribution in [0.5, 0.6) is 11.5 Å². The molecule has 0 aliphatic heterocycles. The van der Waals surface area contributed by atoms with Gasteiger partial charge in [-0.15, -0.1) is 0 Å². The Kier molecular flexibility index (Phi) is 4.75. The third-order valence-electron chi connectivity index (χ3n) is 4.50. The van der Waals surface area contributed by atoms with E-state index >= 15 is 0 Å². The number of phenols is 2. The Labute approximate surface area is 147 Å². The van der Waals surface area contributed by atoms with E-state index < -0.39 is 0 Å². The molecule has 0 unspecified atom stereocenters. The Morgan fingerprint density at radius 3 is 2.36 bits per heavy atom. The average Bonchev–Trinajstić information content (AvgIpc) is 2.60. The van der Waals surface area contributed by atoms with Crippen molar-refractivity contribution in [3.05, 3.63) is 71.3 Å². The van der Waals surface area contributed by atoms with Crippen molar-refractivity contribution in [3.8, 4) is 11.5 Å². The molecule has 1 aliphatic carbocycles. The molecule has 0 radical (unpaired) electrons. The van der Waals surface area contributed by atoms with Crippen LogP contribution in [-0.4, -0.2) is 16.0 Å². The van der Waals surface area contributed by atoms with Crippen molar-refractivity contribution in [2.24, 2.45) is 0 Å². The summed E-state index contributed by atoms with van der Waals surface area (Å²) in [6.07, 6.45) is 1.95. The summed E-state index contributed by atoms with van der Waals surface area (Å²) in [6, 6.07) is 18.0. The second kappa shape index (κ2) is 6.98. The molecule has 0 fully saturated rings. The molecule has 0 heterocycles. The maximum Gasteiger partial charge on any atom is 0.161 e. The normalized spacial score (nSPS) is 15.4. The van der Waals surface area contributed by atoms with Gasteiger partial charge in [0, 0.05) is 11.5 Å². The molecule has 0 saturated carbocycles. The molecule has 4 rings (SSSR count). The molecule has 0 amide bonds. The number of hydrogen-bond acceptors (Lipinski definition) is 3. The zero-order valence-corrected chi connectivity index (χ0v) is 14.5. The topological polar surface area (TPSA) is 57.5 Å². The molecule has 3 aromatic carbocycles. The fourth-order valence-electron chi connectivity index (χ4n) is 3.55. The van der Waals surface area contributed by atoms with Crippen molar-refractivity contribution >= 4 is 16.6 Å². The molecule has 1 aliphatic rings. The Morgan fingerprint density at radius 2 is 1.68 bits per heavy atom. The first-order valence-electron chi connectivity index (χ1n) is 8.47. The van der Waals surface area contributed by atoms with Gasteiger partial charge in [-0.25, -0.2) is 0 Å². The molecule has 3 aromatic rings. The molecule has 25 heavy (non-hydrogen) atoms. The fourth-order valence-corrected chi connectivity index (χ4v) is 3.55. The van der Waals surface area contributed by atoms with Crippen LogP contribution in [0.2, 0.25) is 0 Å². The van der Waals surface area contributed by atoms with Crippen LogP contribution in [0.4, 0.5) is 0 Å². The molecule has 128 valence electrons. The number of aryl methyl sites for hydroxylation is 1. The number of aromatic hydroxyl groups is 2. The van der Waals surface area contributed by atoms with Gasteiger partial charge in [-0.3, -0.25) is 0 Å². The van der Waals surface area contributed by atoms with Gasteiger partial charge in [-0.05, 0) is 54.7 Å². The number of Topliss-reactive ketones (excluding diaryl/α,β-unsaturated/α-hetero) is 1. The van der Waals surface area contributed by atoms with Gasteiger partial charge in [0.2, 0.25) is 0 Å². The minimum atomic E-state index is -0.0301. The minimum Gasteiger partial charge on any atom is -0.504 e. The Bertz CT molecular complexity index is 909. The minimum absolute atomic E-state index is 0.0301. The van der Waals surface area contributed by atoms with Gasteiger partial charge < -0.3 is 15.0 Å². The standard InChI is InChI=1S/C19H16O2.C3H6O/c20-16-11-14-8-4-7-13-9-10-15(12-5-2-1-3-6-12)18(17(13)14)19(16)21;1-3(2)4/h1-8,11,15,20-21H,9-10H2;1-2H3/t15-;/m1./s1. The summed E-state index contributed by atoms with van der Waals surface area (Å²) in [5.74, 6) is 0.302. The third kappa shape index (κ3) is 3.36. The number of carbonyl (C=O) groups excluding carboxylic acids is 1. The van der Waals surface area contributed by atoms with E-state index in [2.05, 4.69) is 18.2 Å². The summed E-state index contributed by atoms with van der Waals surface area (Å²) in [4.78, 5) is 9.44. The molecule has 2 N–H and O–H groups in total. The number of rotatable bonds is 1. The summed E-state index contributed by atoms with van der Waals surface area (Å²) < 4.78 is 0. The molecule has 3 heteroatoms. The summed E-state index contributed by atoms with van der Waals surface area (Å²) in [5, 5.41) is 22.6. The first-order chi connectivity index (χ1) is 12.0. The van der Waals surface area contributed by atoms with Crippen molar-refractivity contribution in [2.75, 3.05) is 0 Å². The molecular formula is C22H22O3. The van der Waals surface area contributed by atoms with Crippen molar-refractivity contribution in [1.29, 1.82) is 0 Å². The van der Waals surface area contributed by atoms with Crippen LogP contribution < -0.4 is 0 Å². The van der Waals surface area contributed by atoms with E-state index in [0.717, 1.165) is 29.2 Å². The molecule has 0 bridgehead atoms. The number of phenolic OH excluding ortho intramolecular Hbond substituents is 2. The highest BCUT2D eigenvalue weighted by Gasteiger charge is 2.27. The molecule has 0 aromatic heterocycles. The van der Waals surface area contributed by atoms with Gasteiger partial charge in [-0.2, -0.15) is 0 Å². The predicted molar refractivity (Wildman–Crippen MR) is 100 cm³/mol. The predicted octanol–water partition coefficient (Wildman–Crippen LogP) is 4.92. The summed E-state index contributed by atoms with van der Waals surface area (Å²) in [5.41, 5.74) is 3.32. The van der Waals surface area contributed by atoms with Gasteiger partial charge in [0.25, 0.3) is 0 Å². The smallest absolute Gasteiger partial charge is 0.161 e. The lowest BCUT2D eigenvalue weighted by atomic mass is 9.77. The number of ketones is 1. The van der Waals surface area contributed by atoms with Crippen LogP contribution in [0.15, 0.2) is 54.6 Å². The van der Waals surface area contributed by atoms with Gasteiger partial charge in [0.05, 0.1) is 0 Å². The average molecular weight is 334 g/mol. The second-order valence-corrected chi connectivity index (χ2v) is 6.58. The van der Waals surface area contributed by atoms with E-state index in [9.17, 15) is 15.0 Å². The van der Waals surface area contributed by atoms with E-state index in [1.165, 1.54) is 25.0 Å². The van der Waals surface area contributed by atoms with E-state index in [1.54, 1.807) is 6.07 Å². The highest BCUT2D eigenvalue weighted by atomic mass is 16.3. The van der Waals surface area contributed by atoms with Gasteiger partial charge in [-0.1, -0.05) is 48.5 Å². The van der Waals surface area contributed by atoms with Crippen LogP contribution in [0.1, 0.15) is 42.9 Å². The molecule has 3 nitrogen and oxygen atoms in total. The maximum atomic E-state index is 10.4. The Hall–Kier alpha value is -2.81. The highest BCUT2D eigenvalue weighted by Crippen LogP contribution is 2.48. The largest absolute Gasteiger partial charge is 0.504 e. The van der Waals surface area contributed by atoms with Crippen LogP contribution in [0.25, 0.3) is 10.8 Å². The Balaban J connectivity index is 0.000000415. The lowest BCUT2D eigenvalue weighted by molar-refractivity contribution is -0.114. The van der Waals surface area contributed by atoms with E-state index in [4.69, 9.17) is 0 Å². The number of benzene rings is 3. The summed E-state index contributed by atoms with van der Waals surface area (Å²) in [6.45, 7) is 3.06. The van der Waals surface area contributed by atoms with Crippen molar-refractivity contribution < 1.29 is 15.0 Å². The molecule has 0 saturated heterocycles. The van der Waals surface area contributed by atoms with Crippen molar-refractivity contribution in [3.63, 3.8) is 0 Å². The van der Waals surface area contributed by atoms with E-state index in [-0.39, 0.29) is 23.2 Å². The zero-order chi connectivity index (χ0) is 18.0. The fraction of sp³-hybridized carbons (Fsp3) is 0.227. The zero-order valence-electron chi connectivity index (χ0n) is 14.5. The number of carbonyl (C=O) groups is 1. The molecular weight excluding hydrogens is 312 g/mol. The lowest BCUT2D eigenvalue weighted by Gasteiger charge is -2.27. The monoisotopic (exact) mass is 334 g/mol. The number of hydrogen-bond donors (Lipinski definition) is 2. The summed E-state index contributed by atoms with van der Waals surface area (Å²) in [7, 11) is 0. The first-order valence-corrected chi connectivity index (χ1v) is 8.47. The summed E-state index contributed by atoms with van der Waals surface area (Å²) >= 11 is 0. The Morgan fingerprint density at radius 1 is 1.00 bits per heavy atom. The highest BCUT2D eigenvalue weighted by molar-refractivity contribution is 5.94. The van der Waals surface area contributed by atoms with Crippen LogP contribution >= 0.6 is 0 Å². The molecule has 0 spiro atoms. The second-order valence-electron chi connectivity index (χ2n) is 6.58. The first kappa shape index (κ1) is 17.0. The van der Waals surface area contributed by atoms with Gasteiger partial charge in [0.1, 0.15) is 5.78 Å². The van der Waals surface area contributed by atoms with Crippen molar-refractivity contribution in [1.82, 2.24) is 0 Å². The third-order valence-corrected chi connectivity index (χ3v) is 4.50. The SMILES string of the molecule is CC(C)=O.Oc1cc2cccc3c2c(c1O)[C@@H](c1ccccc1)CC3. The van der Waals surface area contributed by atoms with Crippen molar-refractivity contribution in [2.45, 2.75) is 32.6 Å². The maximum absolute atomic E-state index is 10.4. The quantitative estimate of drug-likeness (QED) is 0.621. The van der Waals surface area contributed by atoms with Gasteiger partial charge in [0.15, 0.2) is 11.5 Å². The van der Waals surface area contributed by atoms with E-state index in [1.807, 2.05) is 30.3 Å². The van der Waals surface area contributed by atoms with Gasteiger partial charge >= 0.3 is 0 Å². The van der Waals surface area contributed by atoms with Crippen LogP contribution in [0.3, 0.4) is 0 Å². The van der Waals surface area contributed by atoms with Crippen LogP contribution in [0, 0.1) is 0 Å². The lowest BCUT2D eigenvalue weighted by Crippen LogP contribution is -2.10. The molecule has 1 atom stereocenters.